The van der Waals surface area contributed by atoms with Crippen LogP contribution in [0.5, 0.6) is 5.88 Å². The molecular weight excluding hydrogens is 170 g/mol. The summed E-state index contributed by atoms with van der Waals surface area (Å²) in [6.45, 7) is -3.28. The standard InChI is InChI=1S/C6H8F2N2O2/c1-10-2-4(3-11)5(9-10)12-6(7)8/h2,6,11H,3H2,1H3. The fraction of sp³-hybridized carbons (Fsp3) is 0.500. The Labute approximate surface area is 67.4 Å². The summed E-state index contributed by atoms with van der Waals surface area (Å²) in [5.41, 5.74) is 0.248. The zero-order valence-electron chi connectivity index (χ0n) is 6.37. The maximum atomic E-state index is 11.7. The molecule has 12 heavy (non-hydrogen) atoms. The van der Waals surface area contributed by atoms with Gasteiger partial charge in [-0.15, -0.1) is 5.10 Å². The van der Waals surface area contributed by atoms with Gasteiger partial charge in [0.2, 0.25) is 5.88 Å². The molecule has 4 nitrogen and oxygen atoms in total. The smallest absolute Gasteiger partial charge is 0.388 e. The number of aliphatic hydroxyl groups is 1. The van der Waals surface area contributed by atoms with Crippen molar-refractivity contribution in [2.24, 2.45) is 7.05 Å². The van der Waals surface area contributed by atoms with Gasteiger partial charge in [-0.2, -0.15) is 8.78 Å². The Morgan fingerprint density at radius 1 is 1.75 bits per heavy atom. The van der Waals surface area contributed by atoms with E-state index in [1.165, 1.54) is 10.9 Å². The van der Waals surface area contributed by atoms with Crippen LogP contribution in [-0.2, 0) is 13.7 Å². The molecule has 1 aromatic rings. The molecule has 0 unspecified atom stereocenters. The number of nitrogens with zero attached hydrogens (tertiary/aromatic N) is 2. The number of halogens is 2. The second-order valence-corrected chi connectivity index (χ2v) is 2.17. The van der Waals surface area contributed by atoms with E-state index in [2.05, 4.69) is 9.84 Å². The molecule has 0 aliphatic rings. The van der Waals surface area contributed by atoms with Gasteiger partial charge < -0.3 is 9.84 Å². The summed E-state index contributed by atoms with van der Waals surface area (Å²) in [7, 11) is 1.55. The van der Waals surface area contributed by atoms with E-state index in [1.54, 1.807) is 7.05 Å². The third kappa shape index (κ3) is 1.91. The molecule has 1 rings (SSSR count). The Kier molecular flexibility index (Phi) is 2.59. The fourth-order valence-electron chi connectivity index (χ4n) is 0.809. The third-order valence-corrected chi connectivity index (χ3v) is 1.24. The Morgan fingerprint density at radius 3 is 2.92 bits per heavy atom. The number of alkyl halides is 2. The van der Waals surface area contributed by atoms with Gasteiger partial charge in [0.25, 0.3) is 0 Å². The summed E-state index contributed by atoms with van der Waals surface area (Å²) < 4.78 is 28.7. The third-order valence-electron chi connectivity index (χ3n) is 1.24. The first-order valence-corrected chi connectivity index (χ1v) is 3.21. The minimum absolute atomic E-state index is 0.227. The molecule has 68 valence electrons. The van der Waals surface area contributed by atoms with E-state index >= 15 is 0 Å². The predicted molar refractivity (Wildman–Crippen MR) is 35.8 cm³/mol. The second kappa shape index (κ2) is 3.48. The highest BCUT2D eigenvalue weighted by Crippen LogP contribution is 2.17. The van der Waals surface area contributed by atoms with Gasteiger partial charge in [0, 0.05) is 13.2 Å². The van der Waals surface area contributed by atoms with Crippen molar-refractivity contribution in [1.29, 1.82) is 0 Å². The molecule has 1 N–H and O–H groups in total. The van der Waals surface area contributed by atoms with Gasteiger partial charge in [-0.3, -0.25) is 4.68 Å². The van der Waals surface area contributed by atoms with E-state index in [-0.39, 0.29) is 18.1 Å². The first-order chi connectivity index (χ1) is 5.63. The topological polar surface area (TPSA) is 47.3 Å². The maximum absolute atomic E-state index is 11.7. The highest BCUT2D eigenvalue weighted by atomic mass is 19.3. The molecule has 0 saturated heterocycles. The molecule has 0 saturated carbocycles. The SMILES string of the molecule is Cn1cc(CO)c(OC(F)F)n1. The molecule has 0 aliphatic carbocycles. The molecule has 6 heteroatoms. The largest absolute Gasteiger partial charge is 0.415 e. The average Bonchev–Trinajstić information content (AvgIpc) is 2.29. The highest BCUT2D eigenvalue weighted by Gasteiger charge is 2.12. The number of aryl methyl sites for hydroxylation is 1. The molecule has 0 aromatic carbocycles. The van der Waals surface area contributed by atoms with E-state index in [0.29, 0.717) is 0 Å². The zero-order valence-corrected chi connectivity index (χ0v) is 6.37. The van der Waals surface area contributed by atoms with Crippen molar-refractivity contribution in [1.82, 2.24) is 9.78 Å². The van der Waals surface area contributed by atoms with Crippen LogP contribution in [0.2, 0.25) is 0 Å². The first kappa shape index (κ1) is 8.92. The molecular formula is C6H8F2N2O2. The van der Waals surface area contributed by atoms with E-state index in [4.69, 9.17) is 5.11 Å². The number of rotatable bonds is 3. The first-order valence-electron chi connectivity index (χ1n) is 3.21. The van der Waals surface area contributed by atoms with E-state index < -0.39 is 6.61 Å². The summed E-state index contributed by atoms with van der Waals surface area (Å²) in [6, 6.07) is 0. The average molecular weight is 178 g/mol. The van der Waals surface area contributed by atoms with Crippen LogP contribution in [0.25, 0.3) is 0 Å². The van der Waals surface area contributed by atoms with Gasteiger partial charge in [0.05, 0.1) is 12.2 Å². The maximum Gasteiger partial charge on any atom is 0.388 e. The monoisotopic (exact) mass is 178 g/mol. The van der Waals surface area contributed by atoms with Crippen LogP contribution in [0.3, 0.4) is 0 Å². The molecule has 0 amide bonds. The van der Waals surface area contributed by atoms with Crippen LogP contribution >= 0.6 is 0 Å². The van der Waals surface area contributed by atoms with Crippen molar-refractivity contribution in [3.63, 3.8) is 0 Å². The zero-order chi connectivity index (χ0) is 9.14. The van der Waals surface area contributed by atoms with Gasteiger partial charge in [0.1, 0.15) is 0 Å². The Balaban J connectivity index is 2.81. The molecule has 0 fully saturated rings. The second-order valence-electron chi connectivity index (χ2n) is 2.17. The summed E-state index contributed by atoms with van der Waals surface area (Å²) in [5.74, 6) is -0.227. The van der Waals surface area contributed by atoms with Crippen molar-refractivity contribution in [3.05, 3.63) is 11.8 Å². The number of aromatic nitrogens is 2. The van der Waals surface area contributed by atoms with E-state index in [1.807, 2.05) is 0 Å². The number of aliphatic hydroxyl groups excluding tert-OH is 1. The van der Waals surface area contributed by atoms with Crippen molar-refractivity contribution in [2.45, 2.75) is 13.2 Å². The van der Waals surface area contributed by atoms with Crippen molar-refractivity contribution >= 4 is 0 Å². The lowest BCUT2D eigenvalue weighted by molar-refractivity contribution is -0.0541. The van der Waals surface area contributed by atoms with Crippen LogP contribution in [0.15, 0.2) is 6.20 Å². The van der Waals surface area contributed by atoms with Gasteiger partial charge in [0.15, 0.2) is 0 Å². The van der Waals surface area contributed by atoms with E-state index in [0.717, 1.165) is 0 Å². The van der Waals surface area contributed by atoms with Crippen LogP contribution in [0.1, 0.15) is 5.56 Å². The van der Waals surface area contributed by atoms with Gasteiger partial charge >= 0.3 is 6.61 Å². The predicted octanol–water partition coefficient (Wildman–Crippen LogP) is 0.514. The molecule has 0 radical (unpaired) electrons. The van der Waals surface area contributed by atoms with Crippen molar-refractivity contribution < 1.29 is 18.6 Å². The Morgan fingerprint density at radius 2 is 2.42 bits per heavy atom. The molecule has 0 aliphatic heterocycles. The Hall–Kier alpha value is -1.17. The summed E-state index contributed by atoms with van der Waals surface area (Å²) in [5, 5.41) is 12.2. The van der Waals surface area contributed by atoms with E-state index in [9.17, 15) is 8.78 Å². The van der Waals surface area contributed by atoms with Crippen LogP contribution in [-0.4, -0.2) is 21.5 Å². The number of ether oxygens (including phenoxy) is 1. The normalized spacial score (nSPS) is 10.8. The molecule has 1 heterocycles. The summed E-state index contributed by atoms with van der Waals surface area (Å²) in [4.78, 5) is 0. The lowest BCUT2D eigenvalue weighted by Gasteiger charge is -2.00. The van der Waals surface area contributed by atoms with Crippen LogP contribution in [0, 0.1) is 0 Å². The molecule has 0 spiro atoms. The highest BCUT2D eigenvalue weighted by molar-refractivity contribution is 5.21. The van der Waals surface area contributed by atoms with Gasteiger partial charge in [-0.05, 0) is 0 Å². The molecule has 0 atom stereocenters. The van der Waals surface area contributed by atoms with Crippen LogP contribution in [0.4, 0.5) is 8.78 Å². The van der Waals surface area contributed by atoms with Crippen molar-refractivity contribution in [2.75, 3.05) is 0 Å². The van der Waals surface area contributed by atoms with Gasteiger partial charge in [-0.25, -0.2) is 0 Å². The number of hydrogen-bond acceptors (Lipinski definition) is 3. The molecule has 1 aromatic heterocycles. The van der Waals surface area contributed by atoms with Gasteiger partial charge in [-0.1, -0.05) is 0 Å². The summed E-state index contributed by atoms with van der Waals surface area (Å²) >= 11 is 0. The fourth-order valence-corrected chi connectivity index (χ4v) is 0.809. The minimum Gasteiger partial charge on any atom is -0.415 e. The summed E-state index contributed by atoms with van der Waals surface area (Å²) in [6.07, 6.45) is 1.41. The minimum atomic E-state index is -2.91. The number of hydrogen-bond donors (Lipinski definition) is 1. The lowest BCUT2D eigenvalue weighted by Crippen LogP contribution is -2.04. The van der Waals surface area contributed by atoms with Crippen molar-refractivity contribution in [3.8, 4) is 5.88 Å². The molecule has 0 bridgehead atoms. The van der Waals surface area contributed by atoms with Crippen LogP contribution < -0.4 is 4.74 Å². The Bertz CT molecular complexity index is 262. The lowest BCUT2D eigenvalue weighted by atomic mass is 10.4. The quantitative estimate of drug-likeness (QED) is 0.733.